The zero-order chi connectivity index (χ0) is 30.6. The van der Waals surface area contributed by atoms with Gasteiger partial charge in [0.2, 0.25) is 6.17 Å². The summed E-state index contributed by atoms with van der Waals surface area (Å²) >= 11 is 0. The first-order valence-electron chi connectivity index (χ1n) is 9.55. The van der Waals surface area contributed by atoms with Crippen LogP contribution in [0, 0.1) is 0 Å². The molecule has 1 rings (SSSR count). The van der Waals surface area contributed by atoms with Crippen LogP contribution in [0.3, 0.4) is 0 Å². The van der Waals surface area contributed by atoms with E-state index in [-0.39, 0.29) is 0 Å². The Kier molecular flexibility index (Phi) is 11.8. The minimum absolute atomic E-state index is 0.422. The van der Waals surface area contributed by atoms with Crippen molar-refractivity contribution >= 4 is 28.9 Å². The lowest BCUT2D eigenvalue weighted by molar-refractivity contribution is -0.693. The molecule has 0 aliphatic rings. The smallest absolute Gasteiger partial charge is 0.425 e. The maximum absolute atomic E-state index is 12.3. The van der Waals surface area contributed by atoms with Crippen molar-refractivity contribution in [3.63, 3.8) is 0 Å². The molecule has 0 amide bonds. The van der Waals surface area contributed by atoms with Gasteiger partial charge in [0.05, 0.1) is 0 Å². The van der Waals surface area contributed by atoms with Crippen LogP contribution in [0.15, 0.2) is 24.4 Å². The number of pyridine rings is 1. The third-order valence-corrected chi connectivity index (χ3v) is 10.3. The highest BCUT2D eigenvalue weighted by Gasteiger charge is 2.68. The molecule has 0 atom stereocenters. The number of nitrogens with zero attached hydrogens (tertiary/aromatic N) is 2. The van der Waals surface area contributed by atoms with Crippen molar-refractivity contribution in [2.75, 3.05) is 21.3 Å². The molecule has 224 valence electrons. The molecule has 9 nitrogen and oxygen atoms in total. The minimum Gasteiger partial charge on any atom is -0.425 e. The SMILES string of the molecule is CO[Si](C[n+]1ccccc1C(C)C)(OC)OC.O=S(=O)([N-]S(=O)(=O)C(F)(F)C(F)(F)F)C(F)(F)C(F)(F)F. The molecule has 22 heteroatoms. The summed E-state index contributed by atoms with van der Waals surface area (Å²) in [4.78, 5) is 0. The molecule has 0 bridgehead atoms. The summed E-state index contributed by atoms with van der Waals surface area (Å²) in [5.41, 5.74) is 1.25. The van der Waals surface area contributed by atoms with Gasteiger partial charge in [-0.05, 0) is 0 Å². The lowest BCUT2D eigenvalue weighted by atomic mass is 10.1. The number of rotatable bonds is 10. The summed E-state index contributed by atoms with van der Waals surface area (Å²) in [5.74, 6) is 0.452. The van der Waals surface area contributed by atoms with Crippen molar-refractivity contribution in [3.8, 4) is 0 Å². The van der Waals surface area contributed by atoms with Gasteiger partial charge in [0, 0.05) is 39.4 Å². The maximum Gasteiger partial charge on any atom is 0.569 e. The molecular weight excluding hydrogens is 614 g/mol. The largest absolute Gasteiger partial charge is 0.569 e. The van der Waals surface area contributed by atoms with Crippen LogP contribution in [0.1, 0.15) is 25.5 Å². The number of halogens is 10. The van der Waals surface area contributed by atoms with E-state index < -0.39 is 51.7 Å². The van der Waals surface area contributed by atoms with Gasteiger partial charge in [-0.1, -0.05) is 19.9 Å². The van der Waals surface area contributed by atoms with Gasteiger partial charge in [-0.2, -0.15) is 48.5 Å². The highest BCUT2D eigenvalue weighted by molar-refractivity contribution is 8.13. The molecule has 0 N–H and O–H groups in total. The molecule has 1 heterocycles. The maximum atomic E-state index is 12.3. The molecule has 38 heavy (non-hydrogen) atoms. The Hall–Kier alpha value is -1.59. The van der Waals surface area contributed by atoms with Crippen LogP contribution in [0.5, 0.6) is 0 Å². The van der Waals surface area contributed by atoms with E-state index in [1.54, 1.807) is 21.3 Å². The van der Waals surface area contributed by atoms with Crippen LogP contribution in [0.25, 0.3) is 4.13 Å². The minimum atomic E-state index is -7.62. The summed E-state index contributed by atoms with van der Waals surface area (Å²) in [5, 5.41) is -14.0. The molecule has 0 fully saturated rings. The molecule has 0 saturated carbocycles. The zero-order valence-corrected chi connectivity index (χ0v) is 22.6. The number of alkyl halides is 10. The van der Waals surface area contributed by atoms with Gasteiger partial charge in [-0.15, -0.1) is 0 Å². The number of sulfonamides is 2. The van der Waals surface area contributed by atoms with E-state index in [0.717, 1.165) is 0 Å². The Morgan fingerprint density at radius 1 is 0.789 bits per heavy atom. The number of hydrogen-bond acceptors (Lipinski definition) is 7. The van der Waals surface area contributed by atoms with Crippen LogP contribution in [-0.2, 0) is 39.5 Å². The van der Waals surface area contributed by atoms with Gasteiger partial charge < -0.3 is 17.4 Å². The fourth-order valence-corrected chi connectivity index (χ4v) is 6.29. The predicted octanol–water partition coefficient (Wildman–Crippen LogP) is 3.84. The fourth-order valence-electron chi connectivity index (χ4n) is 2.33. The number of aromatic nitrogens is 1. The third kappa shape index (κ3) is 7.97. The molecule has 1 aromatic heterocycles. The standard InChI is InChI=1S/C12H22NO3Si.C4F10NO4S2/c1-11(2)12-8-6-7-9-13(12)10-17(14-3,15-4)16-5;5-1(6,7)3(11,12)20(16,17)15-21(18,19)4(13,14)2(8,9)10/h6-9,11H,10H2,1-5H3;/q+1;-1. The van der Waals surface area contributed by atoms with Gasteiger partial charge in [0.15, 0.2) is 31.9 Å². The Balaban J connectivity index is 0.000000735. The van der Waals surface area contributed by atoms with Gasteiger partial charge >= 0.3 is 31.7 Å². The fraction of sp³-hybridized carbons (Fsp3) is 0.688. The first kappa shape index (κ1) is 36.4. The highest BCUT2D eigenvalue weighted by atomic mass is 32.3. The molecule has 0 radical (unpaired) electrons. The monoisotopic (exact) mass is 636 g/mol. The highest BCUT2D eigenvalue weighted by Crippen LogP contribution is 2.47. The van der Waals surface area contributed by atoms with Crippen molar-refractivity contribution in [1.82, 2.24) is 0 Å². The predicted molar refractivity (Wildman–Crippen MR) is 111 cm³/mol. The molecule has 0 aromatic carbocycles. The summed E-state index contributed by atoms with van der Waals surface area (Å²) in [6, 6.07) is 6.16. The normalized spacial score (nSPS) is 14.3. The molecule has 0 unspecified atom stereocenters. The lowest BCUT2D eigenvalue weighted by Crippen LogP contribution is -2.57. The number of hydrogen-bond donors (Lipinski definition) is 0. The molecule has 1 aromatic rings. The third-order valence-electron chi connectivity index (χ3n) is 4.37. The molecule has 0 spiro atoms. The first-order chi connectivity index (χ1) is 16.8. The lowest BCUT2D eigenvalue weighted by Gasteiger charge is -2.31. The van der Waals surface area contributed by atoms with Crippen LogP contribution >= 0.6 is 0 Å². The van der Waals surface area contributed by atoms with Crippen molar-refractivity contribution in [2.45, 2.75) is 48.8 Å². The van der Waals surface area contributed by atoms with Crippen LogP contribution < -0.4 is 4.57 Å². The summed E-state index contributed by atoms with van der Waals surface area (Å²) in [6.45, 7) is 4.34. The van der Waals surface area contributed by atoms with E-state index in [2.05, 4.69) is 24.5 Å². The van der Waals surface area contributed by atoms with Gasteiger partial charge in [0.1, 0.15) is 0 Å². The Bertz CT molecular complexity index is 1080. The summed E-state index contributed by atoms with van der Waals surface area (Å²) in [6.07, 6.45) is -11.3. The van der Waals surface area contributed by atoms with Crippen molar-refractivity contribution in [2.24, 2.45) is 0 Å². The molecular formula is C16H22F10N2O7S2Si. The van der Waals surface area contributed by atoms with E-state index in [0.29, 0.717) is 16.2 Å². The van der Waals surface area contributed by atoms with E-state index in [1.807, 2.05) is 18.3 Å². The molecule has 0 saturated heterocycles. The topological polar surface area (TPSA) is 114 Å². The summed E-state index contributed by atoms with van der Waals surface area (Å²) in [7, 11) is -12.9. The van der Waals surface area contributed by atoms with E-state index in [4.69, 9.17) is 13.3 Å². The second kappa shape index (κ2) is 12.3. The second-order valence-corrected chi connectivity index (χ2v) is 13.7. The van der Waals surface area contributed by atoms with E-state index in [1.165, 1.54) is 5.69 Å². The average Bonchev–Trinajstić information content (AvgIpc) is 2.75. The van der Waals surface area contributed by atoms with Crippen molar-refractivity contribution < 1.29 is 78.6 Å². The average molecular weight is 637 g/mol. The second-order valence-electron chi connectivity index (χ2n) is 7.26. The van der Waals surface area contributed by atoms with Crippen LogP contribution in [0.4, 0.5) is 43.9 Å². The van der Waals surface area contributed by atoms with Gasteiger partial charge in [-0.3, -0.25) is 0 Å². The molecule has 0 aliphatic carbocycles. The Labute approximate surface area is 212 Å². The van der Waals surface area contributed by atoms with Crippen molar-refractivity contribution in [1.29, 1.82) is 0 Å². The molecule has 0 aliphatic heterocycles. The quantitative estimate of drug-likeness (QED) is 0.218. The van der Waals surface area contributed by atoms with E-state index in [9.17, 15) is 60.7 Å². The summed E-state index contributed by atoms with van der Waals surface area (Å²) < 4.78 is 180. The van der Waals surface area contributed by atoms with Crippen LogP contribution in [-0.4, -0.2) is 69.8 Å². The van der Waals surface area contributed by atoms with E-state index >= 15 is 0 Å². The van der Waals surface area contributed by atoms with Gasteiger partial charge in [-0.25, -0.2) is 16.8 Å². The van der Waals surface area contributed by atoms with Crippen LogP contribution in [0.2, 0.25) is 0 Å². The first-order valence-corrected chi connectivity index (χ1v) is 14.4. The van der Waals surface area contributed by atoms with Crippen molar-refractivity contribution in [3.05, 3.63) is 34.2 Å². The Morgan fingerprint density at radius 3 is 1.45 bits per heavy atom. The van der Waals surface area contributed by atoms with Gasteiger partial charge in [0.25, 0.3) is 0 Å². The zero-order valence-electron chi connectivity index (χ0n) is 19.9. The Morgan fingerprint density at radius 2 is 1.16 bits per heavy atom.